The zero-order valence-electron chi connectivity index (χ0n) is 14.6. The summed E-state index contributed by atoms with van der Waals surface area (Å²) in [5.41, 5.74) is 0.965. The molecule has 1 atom stereocenters. The van der Waals surface area contributed by atoms with Crippen LogP contribution in [0.2, 0.25) is 0 Å². The maximum absolute atomic E-state index is 13.7. The SMILES string of the molecule is Cn1nc(CN[C@H]2CN3CCC2CC3)c2c(C(=O)[O-])cc(F)cc21.[Li+]. The molecule has 2 bridgehead atoms. The first-order valence-electron chi connectivity index (χ1n) is 8.35. The number of benzene rings is 1. The number of carbonyl (C=O) groups excluding carboxylic acids is 1. The molecule has 8 heteroatoms. The summed E-state index contributed by atoms with van der Waals surface area (Å²) in [6.45, 7) is 3.84. The van der Waals surface area contributed by atoms with Gasteiger partial charge in [-0.3, -0.25) is 4.68 Å². The van der Waals surface area contributed by atoms with Gasteiger partial charge in [-0.25, -0.2) is 4.39 Å². The van der Waals surface area contributed by atoms with Gasteiger partial charge < -0.3 is 20.1 Å². The fourth-order valence-electron chi connectivity index (χ4n) is 4.14. The Morgan fingerprint density at radius 3 is 2.72 bits per heavy atom. The molecular weight excluding hydrogens is 318 g/mol. The number of halogens is 1. The van der Waals surface area contributed by atoms with E-state index in [1.165, 1.54) is 36.7 Å². The van der Waals surface area contributed by atoms with Crippen LogP contribution in [0.3, 0.4) is 0 Å². The second-order valence-electron chi connectivity index (χ2n) is 6.83. The van der Waals surface area contributed by atoms with E-state index in [-0.39, 0.29) is 24.4 Å². The van der Waals surface area contributed by atoms with Crippen molar-refractivity contribution in [2.75, 3.05) is 19.6 Å². The summed E-state index contributed by atoms with van der Waals surface area (Å²) in [6.07, 6.45) is 2.41. The molecule has 25 heavy (non-hydrogen) atoms. The predicted octanol–water partition coefficient (Wildman–Crippen LogP) is -2.74. The summed E-state index contributed by atoms with van der Waals surface area (Å²) >= 11 is 0. The van der Waals surface area contributed by atoms with Crippen molar-refractivity contribution in [3.05, 3.63) is 29.2 Å². The van der Waals surface area contributed by atoms with Crippen molar-refractivity contribution in [1.29, 1.82) is 0 Å². The number of aryl methyl sites for hydroxylation is 1. The summed E-state index contributed by atoms with van der Waals surface area (Å²) in [5.74, 6) is -1.30. The molecule has 2 aromatic rings. The monoisotopic (exact) mass is 338 g/mol. The van der Waals surface area contributed by atoms with Crippen molar-refractivity contribution >= 4 is 16.9 Å². The third-order valence-electron chi connectivity index (χ3n) is 5.40. The second-order valence-corrected chi connectivity index (χ2v) is 6.83. The van der Waals surface area contributed by atoms with E-state index < -0.39 is 11.8 Å². The summed E-state index contributed by atoms with van der Waals surface area (Å²) in [5, 5.41) is 19.8. The van der Waals surface area contributed by atoms with Gasteiger partial charge in [0.2, 0.25) is 0 Å². The maximum atomic E-state index is 13.7. The van der Waals surface area contributed by atoms with E-state index in [9.17, 15) is 14.3 Å². The number of carbonyl (C=O) groups is 1. The first-order chi connectivity index (χ1) is 11.5. The molecule has 5 rings (SSSR count). The van der Waals surface area contributed by atoms with Crippen LogP contribution in [-0.2, 0) is 13.6 Å². The van der Waals surface area contributed by atoms with Gasteiger partial charge in [0.25, 0.3) is 0 Å². The molecule has 6 nitrogen and oxygen atoms in total. The molecule has 0 aliphatic carbocycles. The molecule has 0 unspecified atom stereocenters. The number of aromatic nitrogens is 2. The van der Waals surface area contributed by atoms with Gasteiger partial charge in [-0.1, -0.05) is 0 Å². The molecule has 3 aliphatic heterocycles. The van der Waals surface area contributed by atoms with Crippen molar-refractivity contribution in [2.24, 2.45) is 13.0 Å². The molecule has 3 fully saturated rings. The second kappa shape index (κ2) is 7.08. The Labute approximate surface area is 157 Å². The summed E-state index contributed by atoms with van der Waals surface area (Å²) in [6, 6.07) is 2.72. The summed E-state index contributed by atoms with van der Waals surface area (Å²) in [7, 11) is 1.69. The zero-order chi connectivity index (χ0) is 16.8. The summed E-state index contributed by atoms with van der Waals surface area (Å²) in [4.78, 5) is 13.9. The number of piperidine rings is 3. The Bertz CT molecular complexity index is 802. The molecule has 1 aromatic heterocycles. The number of aromatic carboxylic acids is 1. The van der Waals surface area contributed by atoms with Crippen LogP contribution in [0, 0.1) is 11.7 Å². The van der Waals surface area contributed by atoms with Crippen LogP contribution in [0.25, 0.3) is 10.9 Å². The quantitative estimate of drug-likeness (QED) is 0.613. The Balaban J connectivity index is 0.00000182. The van der Waals surface area contributed by atoms with Crippen LogP contribution in [0.1, 0.15) is 28.9 Å². The van der Waals surface area contributed by atoms with Crippen molar-refractivity contribution in [2.45, 2.75) is 25.4 Å². The number of hydrogen-bond donors (Lipinski definition) is 1. The molecule has 0 spiro atoms. The van der Waals surface area contributed by atoms with Gasteiger partial charge in [-0.05, 0) is 44.0 Å². The molecule has 1 N–H and O–H groups in total. The molecular formula is C17H20FLiN4O2. The van der Waals surface area contributed by atoms with E-state index in [1.807, 2.05) is 0 Å². The Hall–Kier alpha value is -1.39. The molecule has 4 heterocycles. The number of fused-ring (bicyclic) bond motifs is 4. The van der Waals surface area contributed by atoms with Crippen LogP contribution in [-0.4, -0.2) is 46.3 Å². The molecule has 3 aliphatic rings. The maximum Gasteiger partial charge on any atom is 1.00 e. The van der Waals surface area contributed by atoms with E-state index in [2.05, 4.69) is 15.3 Å². The average molecular weight is 338 g/mol. The van der Waals surface area contributed by atoms with Crippen molar-refractivity contribution in [3.8, 4) is 0 Å². The number of hydrogen-bond acceptors (Lipinski definition) is 5. The standard InChI is InChI=1S/C17H21FN4O2.Li/c1-21-15-7-11(18)6-12(17(23)24)16(15)13(20-21)8-19-14-9-22-4-2-10(14)3-5-22;/h6-7,10,14,19H,2-5,8-9H2,1H3,(H,23,24);/q;+1/p-1/t14-;/m0./s1. The summed E-state index contributed by atoms with van der Waals surface area (Å²) < 4.78 is 15.2. The molecule has 128 valence electrons. The number of carboxylic acids is 1. The third-order valence-corrected chi connectivity index (χ3v) is 5.40. The number of rotatable bonds is 4. The van der Waals surface area contributed by atoms with Crippen LogP contribution >= 0.6 is 0 Å². The van der Waals surface area contributed by atoms with Gasteiger partial charge in [0.15, 0.2) is 0 Å². The van der Waals surface area contributed by atoms with Crippen molar-refractivity contribution in [3.63, 3.8) is 0 Å². The van der Waals surface area contributed by atoms with Gasteiger partial charge in [0, 0.05) is 37.1 Å². The molecule has 0 amide bonds. The zero-order valence-corrected chi connectivity index (χ0v) is 14.6. The van der Waals surface area contributed by atoms with Crippen LogP contribution in [0.4, 0.5) is 4.39 Å². The molecule has 3 saturated heterocycles. The number of nitrogens with zero attached hydrogens (tertiary/aromatic N) is 3. The molecule has 1 aromatic carbocycles. The average Bonchev–Trinajstić information content (AvgIpc) is 2.89. The first kappa shape index (κ1) is 18.4. The fraction of sp³-hybridized carbons (Fsp3) is 0.529. The largest absolute Gasteiger partial charge is 1.00 e. The minimum atomic E-state index is -1.38. The van der Waals surface area contributed by atoms with Crippen molar-refractivity contribution in [1.82, 2.24) is 20.0 Å². The topological polar surface area (TPSA) is 73.2 Å². The van der Waals surface area contributed by atoms with Gasteiger partial charge in [-0.2, -0.15) is 5.10 Å². The minimum absolute atomic E-state index is 0. The van der Waals surface area contributed by atoms with Gasteiger partial charge >= 0.3 is 18.9 Å². The predicted molar refractivity (Wildman–Crippen MR) is 84.8 cm³/mol. The van der Waals surface area contributed by atoms with E-state index in [0.717, 1.165) is 12.6 Å². The van der Waals surface area contributed by atoms with Gasteiger partial charge in [0.05, 0.1) is 17.2 Å². The number of nitrogens with one attached hydrogen (secondary N) is 1. The van der Waals surface area contributed by atoms with Gasteiger partial charge in [0.1, 0.15) is 5.82 Å². The van der Waals surface area contributed by atoms with Crippen LogP contribution < -0.4 is 29.3 Å². The smallest absolute Gasteiger partial charge is 0.545 e. The molecule has 0 saturated carbocycles. The van der Waals surface area contributed by atoms with E-state index in [1.54, 1.807) is 7.05 Å². The van der Waals surface area contributed by atoms with Crippen molar-refractivity contribution < 1.29 is 33.2 Å². The van der Waals surface area contributed by atoms with E-state index >= 15 is 0 Å². The van der Waals surface area contributed by atoms with E-state index in [4.69, 9.17) is 0 Å². The third kappa shape index (κ3) is 3.34. The first-order valence-corrected chi connectivity index (χ1v) is 8.35. The van der Waals surface area contributed by atoms with Crippen LogP contribution in [0.5, 0.6) is 0 Å². The Morgan fingerprint density at radius 2 is 2.12 bits per heavy atom. The Kier molecular flexibility index (Phi) is 5.21. The van der Waals surface area contributed by atoms with Gasteiger partial charge in [-0.15, -0.1) is 0 Å². The van der Waals surface area contributed by atoms with Crippen LogP contribution in [0.15, 0.2) is 12.1 Å². The minimum Gasteiger partial charge on any atom is -0.545 e. The number of carboxylic acid groups (broad SMARTS) is 1. The molecule has 0 radical (unpaired) electrons. The normalized spacial score (nSPS) is 25.1. The Morgan fingerprint density at radius 1 is 1.40 bits per heavy atom. The fourth-order valence-corrected chi connectivity index (χ4v) is 4.14. The van der Waals surface area contributed by atoms with E-state index in [0.29, 0.717) is 35.1 Å².